The predicted molar refractivity (Wildman–Crippen MR) is 121 cm³/mol. The van der Waals surface area contributed by atoms with Crippen molar-refractivity contribution in [1.29, 1.82) is 0 Å². The van der Waals surface area contributed by atoms with E-state index in [0.29, 0.717) is 25.0 Å². The van der Waals surface area contributed by atoms with Crippen LogP contribution in [-0.2, 0) is 18.2 Å². The second kappa shape index (κ2) is 8.39. The Labute approximate surface area is 182 Å². The van der Waals surface area contributed by atoms with E-state index in [1.54, 1.807) is 75.1 Å². The Balaban J connectivity index is 1.90. The molecule has 2 bridgehead atoms. The average Bonchev–Trinajstić information content (AvgIpc) is 3.34. The van der Waals surface area contributed by atoms with Crippen molar-refractivity contribution >= 4 is 15.3 Å². The van der Waals surface area contributed by atoms with Crippen LogP contribution in [-0.4, -0.2) is 88.3 Å². The van der Waals surface area contributed by atoms with E-state index >= 15 is 0 Å². The minimum absolute atomic E-state index is 0.152. The van der Waals surface area contributed by atoms with Gasteiger partial charge in [0.1, 0.15) is 0 Å². The molecular formula is C20H40N4O4P2. The van der Waals surface area contributed by atoms with E-state index < -0.39 is 15.3 Å². The van der Waals surface area contributed by atoms with Crippen LogP contribution in [0.1, 0.15) is 25.7 Å². The van der Waals surface area contributed by atoms with Crippen molar-refractivity contribution < 1.29 is 18.2 Å². The van der Waals surface area contributed by atoms with Crippen LogP contribution in [0.4, 0.5) is 0 Å². The second-order valence-electron chi connectivity index (χ2n) is 9.93. The van der Waals surface area contributed by atoms with Crippen LogP contribution in [0, 0.1) is 22.7 Å². The molecule has 0 N–H and O–H groups in total. The van der Waals surface area contributed by atoms with Gasteiger partial charge in [0.15, 0.2) is 0 Å². The van der Waals surface area contributed by atoms with Crippen molar-refractivity contribution in [1.82, 2.24) is 18.7 Å². The Morgan fingerprint density at radius 3 is 1.77 bits per heavy atom. The minimum Gasteiger partial charge on any atom is -0.305 e. The minimum atomic E-state index is -3.08. The molecule has 8 nitrogen and oxygen atoms in total. The highest BCUT2D eigenvalue weighted by Crippen LogP contribution is 2.73. The van der Waals surface area contributed by atoms with Gasteiger partial charge in [-0.2, -0.15) is 0 Å². The number of rotatable bonds is 10. The highest BCUT2D eigenvalue weighted by atomic mass is 31.2. The topological polar surface area (TPSA) is 65.6 Å². The molecule has 2 fully saturated rings. The molecule has 3 aliphatic rings. The van der Waals surface area contributed by atoms with Gasteiger partial charge in [-0.3, -0.25) is 9.13 Å². The molecule has 3 aliphatic carbocycles. The van der Waals surface area contributed by atoms with E-state index in [1.807, 2.05) is 0 Å². The normalized spacial score (nSPS) is 33.6. The Kier molecular flexibility index (Phi) is 6.88. The molecule has 0 aromatic carbocycles. The van der Waals surface area contributed by atoms with Gasteiger partial charge in [-0.15, -0.1) is 0 Å². The number of hydrogen-bond donors (Lipinski definition) is 0. The molecule has 0 amide bonds. The molecule has 30 heavy (non-hydrogen) atoms. The zero-order chi connectivity index (χ0) is 22.5. The SMILES string of the molecule is CN(C)P(=O)(OCC12C=CCC1(COP(=O)(N(C)C)N(C)C)C1CCC2C1)N(C)C. The fraction of sp³-hybridized carbons (Fsp3) is 0.900. The van der Waals surface area contributed by atoms with E-state index in [9.17, 15) is 9.13 Å². The van der Waals surface area contributed by atoms with Crippen molar-refractivity contribution in [3.63, 3.8) is 0 Å². The summed E-state index contributed by atoms with van der Waals surface area (Å²) in [5.41, 5.74) is -0.373. The first-order valence-electron chi connectivity index (χ1n) is 10.7. The third kappa shape index (κ3) is 3.52. The van der Waals surface area contributed by atoms with Crippen molar-refractivity contribution in [2.75, 3.05) is 69.6 Å². The van der Waals surface area contributed by atoms with Crippen molar-refractivity contribution in [2.45, 2.75) is 25.7 Å². The van der Waals surface area contributed by atoms with Gasteiger partial charge in [-0.1, -0.05) is 12.2 Å². The maximum atomic E-state index is 13.5. The monoisotopic (exact) mass is 462 g/mol. The van der Waals surface area contributed by atoms with Gasteiger partial charge >= 0.3 is 15.3 Å². The maximum absolute atomic E-state index is 13.5. The van der Waals surface area contributed by atoms with Crippen molar-refractivity contribution in [3.05, 3.63) is 12.2 Å². The van der Waals surface area contributed by atoms with Gasteiger partial charge in [0, 0.05) is 10.8 Å². The lowest BCUT2D eigenvalue weighted by Crippen LogP contribution is -2.49. The summed E-state index contributed by atoms with van der Waals surface area (Å²) < 4.78 is 46.2. The summed E-state index contributed by atoms with van der Waals surface area (Å²) in [5, 5.41) is 0. The van der Waals surface area contributed by atoms with Gasteiger partial charge in [-0.25, -0.2) is 18.7 Å². The van der Waals surface area contributed by atoms with E-state index in [4.69, 9.17) is 9.05 Å². The fourth-order valence-electron chi connectivity index (χ4n) is 6.06. The van der Waals surface area contributed by atoms with Crippen LogP contribution in [0.3, 0.4) is 0 Å². The summed E-state index contributed by atoms with van der Waals surface area (Å²) in [6.07, 6.45) is 8.90. The first-order valence-corrected chi connectivity index (χ1v) is 13.8. The molecule has 0 aromatic heterocycles. The van der Waals surface area contributed by atoms with Gasteiger partial charge in [0.2, 0.25) is 0 Å². The molecule has 3 rings (SSSR count). The van der Waals surface area contributed by atoms with Gasteiger partial charge < -0.3 is 9.05 Å². The molecule has 0 aliphatic heterocycles. The average molecular weight is 463 g/mol. The largest absolute Gasteiger partial charge is 0.345 e. The molecule has 0 aromatic rings. The molecule has 10 heteroatoms. The smallest absolute Gasteiger partial charge is 0.305 e. The molecule has 174 valence electrons. The molecular weight excluding hydrogens is 422 g/mol. The van der Waals surface area contributed by atoms with E-state index in [2.05, 4.69) is 12.2 Å². The number of nitrogens with zero attached hydrogens (tertiary/aromatic N) is 4. The van der Waals surface area contributed by atoms with Crippen LogP contribution in [0.2, 0.25) is 0 Å². The highest BCUT2D eigenvalue weighted by Gasteiger charge is 2.68. The Hall–Kier alpha value is -0.0400. The lowest BCUT2D eigenvalue weighted by atomic mass is 9.58. The maximum Gasteiger partial charge on any atom is 0.345 e. The fourth-order valence-corrected chi connectivity index (χ4v) is 9.20. The van der Waals surface area contributed by atoms with Crippen LogP contribution in [0.5, 0.6) is 0 Å². The van der Waals surface area contributed by atoms with Crippen LogP contribution in [0.25, 0.3) is 0 Å². The first-order chi connectivity index (χ1) is 13.9. The molecule has 0 heterocycles. The van der Waals surface area contributed by atoms with Crippen LogP contribution in [0.15, 0.2) is 12.2 Å². The van der Waals surface area contributed by atoms with E-state index in [-0.39, 0.29) is 10.8 Å². The molecule has 4 unspecified atom stereocenters. The van der Waals surface area contributed by atoms with Gasteiger partial charge in [0.25, 0.3) is 0 Å². The Bertz CT molecular complexity index is 748. The summed E-state index contributed by atoms with van der Waals surface area (Å²) >= 11 is 0. The third-order valence-electron chi connectivity index (χ3n) is 7.75. The Morgan fingerprint density at radius 2 is 1.27 bits per heavy atom. The standard InChI is InChI=1S/C20H40N4O4P2/c1-21(2)29(25,22(3)4)27-15-19-12-9-13-20(19,18-11-10-17(19)14-18)16-28-30(26,23(5)6)24(7)8/h9,12,17-18H,10-11,13-16H2,1-8H3. The molecule has 4 atom stereocenters. The molecule has 0 radical (unpaired) electrons. The first kappa shape index (κ1) is 24.6. The van der Waals surface area contributed by atoms with Gasteiger partial charge in [0.05, 0.1) is 13.2 Å². The summed E-state index contributed by atoms with van der Waals surface area (Å²) in [6, 6.07) is 0. The summed E-state index contributed by atoms with van der Waals surface area (Å²) in [4.78, 5) is 0. The van der Waals surface area contributed by atoms with Crippen LogP contribution >= 0.6 is 15.3 Å². The lowest BCUT2D eigenvalue weighted by molar-refractivity contribution is -0.0445. The van der Waals surface area contributed by atoms with E-state index in [1.165, 1.54) is 6.42 Å². The van der Waals surface area contributed by atoms with Crippen LogP contribution < -0.4 is 0 Å². The number of allylic oxidation sites excluding steroid dienone is 1. The van der Waals surface area contributed by atoms with E-state index in [0.717, 1.165) is 19.3 Å². The van der Waals surface area contributed by atoms with Crippen molar-refractivity contribution in [3.8, 4) is 0 Å². The highest BCUT2D eigenvalue weighted by molar-refractivity contribution is 7.54. The third-order valence-corrected chi connectivity index (χ3v) is 12.7. The molecule has 0 saturated heterocycles. The summed E-state index contributed by atoms with van der Waals surface area (Å²) in [7, 11) is 8.22. The zero-order valence-corrected chi connectivity index (χ0v) is 21.7. The number of hydrogen-bond acceptors (Lipinski definition) is 4. The zero-order valence-electron chi connectivity index (χ0n) is 19.9. The summed E-state index contributed by atoms with van der Waals surface area (Å²) in [5.74, 6) is 0.998. The quantitative estimate of drug-likeness (QED) is 0.358. The Morgan fingerprint density at radius 1 is 0.800 bits per heavy atom. The molecule has 2 saturated carbocycles. The van der Waals surface area contributed by atoms with Gasteiger partial charge in [-0.05, 0) is 93.9 Å². The predicted octanol–water partition coefficient (Wildman–Crippen LogP) is 3.84. The lowest BCUT2D eigenvalue weighted by Gasteiger charge is -2.50. The molecule has 0 spiro atoms. The number of fused-ring (bicyclic) bond motifs is 5. The van der Waals surface area contributed by atoms with Crippen molar-refractivity contribution in [2.24, 2.45) is 22.7 Å². The summed E-state index contributed by atoms with van der Waals surface area (Å²) in [6.45, 7) is 0.822. The second-order valence-corrected chi connectivity index (χ2v) is 15.6.